The standard InChI is InChI=1S/C30H40O2/c1-15(2)14-32-29(23-10-20-9-22(23)26-17-4-3-16(7-17)25(20)26)30-11-21(13-31)24(12-30)27-18-5-6-19(8-18)28(27)30/h3-6,16-29,31H,1,7-14H2,2H3. The Labute approximate surface area is 193 Å². The number of aliphatic hydroxyl groups is 1. The highest BCUT2D eigenvalue weighted by Gasteiger charge is 2.72. The molecule has 0 aromatic carbocycles. The number of aliphatic hydroxyl groups excluding tert-OH is 1. The van der Waals surface area contributed by atoms with E-state index in [0.717, 1.165) is 77.6 Å². The zero-order valence-electron chi connectivity index (χ0n) is 19.6. The van der Waals surface area contributed by atoms with Crippen molar-refractivity contribution in [2.75, 3.05) is 13.2 Å². The normalized spacial score (nSPS) is 60.0. The molecule has 8 bridgehead atoms. The van der Waals surface area contributed by atoms with Crippen LogP contribution in [0.1, 0.15) is 45.4 Å². The molecule has 0 amide bonds. The highest BCUT2D eigenvalue weighted by molar-refractivity contribution is 5.28. The predicted molar refractivity (Wildman–Crippen MR) is 125 cm³/mol. The molecule has 15 atom stereocenters. The first-order valence-corrected chi connectivity index (χ1v) is 13.8. The number of fused-ring (bicyclic) bond motifs is 18. The van der Waals surface area contributed by atoms with E-state index in [1.165, 1.54) is 44.1 Å². The summed E-state index contributed by atoms with van der Waals surface area (Å²) in [4.78, 5) is 0. The molecule has 1 N–H and O–H groups in total. The lowest BCUT2D eigenvalue weighted by Crippen LogP contribution is -2.51. The Bertz CT molecular complexity index is 903. The Hall–Kier alpha value is -0.860. The fourth-order valence-electron chi connectivity index (χ4n) is 12.3. The fourth-order valence-corrected chi connectivity index (χ4v) is 12.3. The van der Waals surface area contributed by atoms with Gasteiger partial charge < -0.3 is 9.84 Å². The smallest absolute Gasteiger partial charge is 0.0675 e. The number of allylic oxidation sites excluding steroid dienone is 4. The Balaban J connectivity index is 1.18. The topological polar surface area (TPSA) is 29.5 Å². The summed E-state index contributed by atoms with van der Waals surface area (Å²) in [5.74, 6) is 10.7. The number of hydrogen-bond acceptors (Lipinski definition) is 2. The molecule has 2 nitrogen and oxygen atoms in total. The average Bonchev–Trinajstić information content (AvgIpc) is 3.62. The van der Waals surface area contributed by atoms with Crippen molar-refractivity contribution in [1.29, 1.82) is 0 Å². The van der Waals surface area contributed by atoms with Crippen molar-refractivity contribution >= 4 is 0 Å². The Morgan fingerprint density at radius 3 is 2.44 bits per heavy atom. The molecule has 8 aliphatic rings. The van der Waals surface area contributed by atoms with Gasteiger partial charge in [-0.05, 0) is 122 Å². The van der Waals surface area contributed by atoms with E-state index >= 15 is 0 Å². The maximum absolute atomic E-state index is 10.4. The lowest BCUT2D eigenvalue weighted by atomic mass is 9.57. The van der Waals surface area contributed by atoms with Gasteiger partial charge in [-0.1, -0.05) is 36.5 Å². The third-order valence-corrected chi connectivity index (χ3v) is 12.6. The van der Waals surface area contributed by atoms with E-state index in [9.17, 15) is 5.11 Å². The minimum atomic E-state index is 0.306. The highest BCUT2D eigenvalue weighted by atomic mass is 16.5. The van der Waals surface area contributed by atoms with E-state index in [-0.39, 0.29) is 0 Å². The molecule has 6 saturated carbocycles. The lowest BCUT2D eigenvalue weighted by Gasteiger charge is -2.51. The summed E-state index contributed by atoms with van der Waals surface area (Å²) in [6.45, 7) is 7.48. The Kier molecular flexibility index (Phi) is 3.90. The van der Waals surface area contributed by atoms with Gasteiger partial charge in [-0.15, -0.1) is 0 Å². The molecule has 0 radical (unpaired) electrons. The van der Waals surface area contributed by atoms with Crippen LogP contribution in [0.25, 0.3) is 0 Å². The first-order valence-electron chi connectivity index (χ1n) is 13.8. The Morgan fingerprint density at radius 2 is 1.66 bits per heavy atom. The molecule has 0 aromatic rings. The second-order valence-corrected chi connectivity index (χ2v) is 13.7. The van der Waals surface area contributed by atoms with Crippen LogP contribution in [0.2, 0.25) is 0 Å². The SMILES string of the molecule is C=C(C)COC(C1CC2CC1C1C3C=CC(C3)C21)C12CC(CO)C(C1)C1C3C=CC(C3)C12. The van der Waals surface area contributed by atoms with E-state index in [0.29, 0.717) is 24.0 Å². The van der Waals surface area contributed by atoms with Gasteiger partial charge in [0.2, 0.25) is 0 Å². The van der Waals surface area contributed by atoms with E-state index < -0.39 is 0 Å². The van der Waals surface area contributed by atoms with Crippen molar-refractivity contribution in [3.05, 3.63) is 36.5 Å². The van der Waals surface area contributed by atoms with Crippen LogP contribution in [0.4, 0.5) is 0 Å². The molecule has 0 saturated heterocycles. The Morgan fingerprint density at radius 1 is 0.938 bits per heavy atom. The molecule has 0 aliphatic heterocycles. The van der Waals surface area contributed by atoms with Crippen LogP contribution in [-0.4, -0.2) is 24.4 Å². The molecule has 32 heavy (non-hydrogen) atoms. The summed E-state index contributed by atoms with van der Waals surface area (Å²) in [7, 11) is 0. The van der Waals surface area contributed by atoms with Crippen molar-refractivity contribution in [2.24, 2.45) is 82.3 Å². The van der Waals surface area contributed by atoms with E-state index in [1.54, 1.807) is 0 Å². The molecule has 2 heteroatoms. The van der Waals surface area contributed by atoms with E-state index in [1.807, 2.05) is 0 Å². The van der Waals surface area contributed by atoms with Crippen molar-refractivity contribution in [3.8, 4) is 0 Å². The number of hydrogen-bond donors (Lipinski definition) is 1. The van der Waals surface area contributed by atoms with Crippen LogP contribution in [0, 0.1) is 82.3 Å². The summed E-state index contributed by atoms with van der Waals surface area (Å²) in [5.41, 5.74) is 1.48. The van der Waals surface area contributed by atoms with Crippen molar-refractivity contribution in [2.45, 2.75) is 51.6 Å². The molecule has 8 rings (SSSR count). The van der Waals surface area contributed by atoms with E-state index in [4.69, 9.17) is 4.74 Å². The monoisotopic (exact) mass is 432 g/mol. The van der Waals surface area contributed by atoms with Gasteiger partial charge in [-0.3, -0.25) is 0 Å². The van der Waals surface area contributed by atoms with Crippen LogP contribution >= 0.6 is 0 Å². The van der Waals surface area contributed by atoms with Crippen LogP contribution in [0.5, 0.6) is 0 Å². The van der Waals surface area contributed by atoms with Gasteiger partial charge in [0.25, 0.3) is 0 Å². The zero-order chi connectivity index (χ0) is 21.4. The zero-order valence-corrected chi connectivity index (χ0v) is 19.6. The molecular formula is C30H40O2. The van der Waals surface area contributed by atoms with Crippen molar-refractivity contribution in [1.82, 2.24) is 0 Å². The predicted octanol–water partition coefficient (Wildman–Crippen LogP) is 5.50. The first-order chi connectivity index (χ1) is 15.6. The van der Waals surface area contributed by atoms with Crippen molar-refractivity contribution in [3.63, 3.8) is 0 Å². The molecule has 0 aromatic heterocycles. The lowest BCUT2D eigenvalue weighted by molar-refractivity contribution is -0.123. The van der Waals surface area contributed by atoms with Crippen LogP contribution in [0.15, 0.2) is 36.5 Å². The third-order valence-electron chi connectivity index (χ3n) is 12.6. The van der Waals surface area contributed by atoms with Crippen LogP contribution < -0.4 is 0 Å². The third kappa shape index (κ3) is 2.21. The van der Waals surface area contributed by atoms with Crippen LogP contribution in [-0.2, 0) is 4.74 Å². The molecule has 172 valence electrons. The maximum Gasteiger partial charge on any atom is 0.0675 e. The minimum absolute atomic E-state index is 0.306. The van der Waals surface area contributed by atoms with Gasteiger partial charge in [-0.25, -0.2) is 0 Å². The van der Waals surface area contributed by atoms with Gasteiger partial charge in [0.15, 0.2) is 0 Å². The van der Waals surface area contributed by atoms with Gasteiger partial charge >= 0.3 is 0 Å². The highest BCUT2D eigenvalue weighted by Crippen LogP contribution is 2.76. The molecule has 6 fully saturated rings. The van der Waals surface area contributed by atoms with Gasteiger partial charge in [0, 0.05) is 12.0 Å². The summed E-state index contributed by atoms with van der Waals surface area (Å²) in [6, 6.07) is 0. The second kappa shape index (κ2) is 6.42. The first kappa shape index (κ1) is 19.4. The van der Waals surface area contributed by atoms with E-state index in [2.05, 4.69) is 37.8 Å². The maximum atomic E-state index is 10.4. The number of ether oxygens (including phenoxy) is 1. The molecule has 8 aliphatic carbocycles. The van der Waals surface area contributed by atoms with Crippen molar-refractivity contribution < 1.29 is 9.84 Å². The summed E-state index contributed by atoms with van der Waals surface area (Å²) in [6.07, 6.45) is 19.0. The summed E-state index contributed by atoms with van der Waals surface area (Å²) < 4.78 is 7.06. The van der Waals surface area contributed by atoms with Gasteiger partial charge in [-0.2, -0.15) is 0 Å². The largest absolute Gasteiger partial charge is 0.396 e. The average molecular weight is 433 g/mol. The van der Waals surface area contributed by atoms with Gasteiger partial charge in [0.1, 0.15) is 0 Å². The second-order valence-electron chi connectivity index (χ2n) is 13.7. The summed E-state index contributed by atoms with van der Waals surface area (Å²) in [5, 5.41) is 10.4. The number of rotatable bonds is 6. The molecule has 0 spiro atoms. The molecule has 0 heterocycles. The molecular weight excluding hydrogens is 392 g/mol. The summed E-state index contributed by atoms with van der Waals surface area (Å²) >= 11 is 0. The van der Waals surface area contributed by atoms with Crippen LogP contribution in [0.3, 0.4) is 0 Å². The minimum Gasteiger partial charge on any atom is -0.396 e. The molecule has 15 unspecified atom stereocenters. The fraction of sp³-hybridized carbons (Fsp3) is 0.800. The quantitative estimate of drug-likeness (QED) is 0.444. The van der Waals surface area contributed by atoms with Gasteiger partial charge in [0.05, 0.1) is 12.7 Å².